The minimum absolute atomic E-state index is 0.121. The van der Waals surface area contributed by atoms with E-state index in [0.29, 0.717) is 12.8 Å². The van der Waals surface area contributed by atoms with Crippen LogP contribution >= 0.6 is 23.2 Å². The minimum Gasteiger partial charge on any atom is -0.300 e. The largest absolute Gasteiger partial charge is 0.300 e. The van der Waals surface area contributed by atoms with E-state index in [2.05, 4.69) is 0 Å². The molecule has 3 heteroatoms. The van der Waals surface area contributed by atoms with Crippen molar-refractivity contribution in [2.24, 2.45) is 0 Å². The van der Waals surface area contributed by atoms with Crippen molar-refractivity contribution in [2.75, 3.05) is 0 Å². The van der Waals surface area contributed by atoms with E-state index in [9.17, 15) is 4.79 Å². The molecule has 0 saturated heterocycles. The first-order valence-electron chi connectivity index (χ1n) is 2.50. The molecular weight excluding hydrogens is 147 g/mol. The highest BCUT2D eigenvalue weighted by Gasteiger charge is 2.29. The highest BCUT2D eigenvalue weighted by molar-refractivity contribution is 6.32. The van der Waals surface area contributed by atoms with Crippen molar-refractivity contribution in [2.45, 2.75) is 23.6 Å². The van der Waals surface area contributed by atoms with Crippen molar-refractivity contribution in [3.63, 3.8) is 0 Å². The predicted molar refractivity (Wildman–Crippen MR) is 33.5 cm³/mol. The van der Waals surface area contributed by atoms with Crippen LogP contribution in [0.5, 0.6) is 0 Å². The maximum Gasteiger partial charge on any atom is 0.135 e. The van der Waals surface area contributed by atoms with Crippen LogP contribution < -0.4 is 0 Å². The molecule has 0 N–H and O–H groups in total. The maximum atomic E-state index is 10.5. The summed E-state index contributed by atoms with van der Waals surface area (Å²) >= 11 is 11.2. The second-order valence-electron chi connectivity index (χ2n) is 1.98. The Balaban J connectivity index is 2.51. The normalized spacial score (nSPS) is 38.5. The Morgan fingerprint density at radius 2 is 1.62 bits per heavy atom. The van der Waals surface area contributed by atoms with Gasteiger partial charge in [-0.25, -0.2) is 0 Å². The quantitative estimate of drug-likeness (QED) is 0.482. The predicted octanol–water partition coefficient (Wildman–Crippen LogP) is 1.56. The van der Waals surface area contributed by atoms with Crippen molar-refractivity contribution in [1.29, 1.82) is 0 Å². The van der Waals surface area contributed by atoms with Gasteiger partial charge >= 0.3 is 0 Å². The zero-order valence-corrected chi connectivity index (χ0v) is 5.74. The number of hydrogen-bond donors (Lipinski definition) is 0. The van der Waals surface area contributed by atoms with Crippen LogP contribution in [0.3, 0.4) is 0 Å². The first kappa shape index (κ1) is 6.37. The lowest BCUT2D eigenvalue weighted by atomic mass is 10.4. The van der Waals surface area contributed by atoms with Crippen molar-refractivity contribution < 1.29 is 4.79 Å². The summed E-state index contributed by atoms with van der Waals surface area (Å²) in [6, 6.07) is 0. The van der Waals surface area contributed by atoms with Gasteiger partial charge in [-0.15, -0.1) is 23.2 Å². The molecule has 1 saturated carbocycles. The first-order valence-corrected chi connectivity index (χ1v) is 3.37. The van der Waals surface area contributed by atoms with Gasteiger partial charge in [0.15, 0.2) is 0 Å². The fourth-order valence-corrected chi connectivity index (χ4v) is 1.30. The summed E-state index contributed by atoms with van der Waals surface area (Å²) in [6.07, 6.45) is 0.908. The summed E-state index contributed by atoms with van der Waals surface area (Å²) < 4.78 is 0. The van der Waals surface area contributed by atoms with Gasteiger partial charge < -0.3 is 0 Å². The number of carbonyl (C=O) groups excluding carboxylic acids is 1. The standard InChI is InChI=1S/C5H6Cl2O/c6-4-1-3(8)2-5(4)7/h4-5H,1-2H2. The Morgan fingerprint density at radius 3 is 1.75 bits per heavy atom. The maximum absolute atomic E-state index is 10.5. The van der Waals surface area contributed by atoms with Crippen LogP contribution in [0.25, 0.3) is 0 Å². The molecule has 1 fully saturated rings. The molecule has 0 aromatic heterocycles. The van der Waals surface area contributed by atoms with Gasteiger partial charge in [0.1, 0.15) is 5.78 Å². The van der Waals surface area contributed by atoms with Gasteiger partial charge in [0.05, 0.1) is 10.8 Å². The number of halogens is 2. The molecule has 0 aliphatic heterocycles. The van der Waals surface area contributed by atoms with Crippen LogP contribution in [0.2, 0.25) is 0 Å². The third-order valence-corrected chi connectivity index (χ3v) is 2.28. The van der Waals surface area contributed by atoms with Gasteiger partial charge in [-0.2, -0.15) is 0 Å². The summed E-state index contributed by atoms with van der Waals surface area (Å²) in [7, 11) is 0. The van der Waals surface area contributed by atoms with Gasteiger partial charge in [0.25, 0.3) is 0 Å². The molecule has 1 aliphatic rings. The third-order valence-electron chi connectivity index (χ3n) is 1.24. The van der Waals surface area contributed by atoms with Crippen molar-refractivity contribution in [3.05, 3.63) is 0 Å². The number of carbonyl (C=O) groups is 1. The Labute approximate surface area is 58.0 Å². The highest BCUT2D eigenvalue weighted by Crippen LogP contribution is 2.25. The van der Waals surface area contributed by atoms with Gasteiger partial charge in [0.2, 0.25) is 0 Å². The molecule has 0 amide bonds. The van der Waals surface area contributed by atoms with Crippen molar-refractivity contribution in [1.82, 2.24) is 0 Å². The summed E-state index contributed by atoms with van der Waals surface area (Å²) in [4.78, 5) is 10.5. The van der Waals surface area contributed by atoms with Crippen LogP contribution in [0.4, 0.5) is 0 Å². The van der Waals surface area contributed by atoms with E-state index in [1.165, 1.54) is 0 Å². The molecule has 0 heterocycles. The zero-order valence-electron chi connectivity index (χ0n) is 4.23. The number of ketones is 1. The Kier molecular flexibility index (Phi) is 1.78. The lowest BCUT2D eigenvalue weighted by Crippen LogP contribution is -2.03. The van der Waals surface area contributed by atoms with E-state index in [1.807, 2.05) is 0 Å². The van der Waals surface area contributed by atoms with Gasteiger partial charge in [-0.1, -0.05) is 0 Å². The monoisotopic (exact) mass is 152 g/mol. The van der Waals surface area contributed by atoms with Gasteiger partial charge in [-0.3, -0.25) is 4.79 Å². The van der Waals surface area contributed by atoms with E-state index in [1.54, 1.807) is 0 Å². The topological polar surface area (TPSA) is 17.1 Å². The van der Waals surface area contributed by atoms with E-state index in [0.717, 1.165) is 0 Å². The molecule has 0 aromatic rings. The summed E-state index contributed by atoms with van der Waals surface area (Å²) in [5.41, 5.74) is 0. The highest BCUT2D eigenvalue weighted by atomic mass is 35.5. The molecule has 46 valence electrons. The first-order chi connectivity index (χ1) is 3.70. The van der Waals surface area contributed by atoms with Crippen LogP contribution in [0, 0.1) is 0 Å². The second kappa shape index (κ2) is 2.24. The lowest BCUT2D eigenvalue weighted by Gasteiger charge is -1.98. The molecule has 1 aliphatic carbocycles. The van der Waals surface area contributed by atoms with E-state index in [-0.39, 0.29) is 16.5 Å². The molecule has 0 radical (unpaired) electrons. The zero-order chi connectivity index (χ0) is 6.15. The van der Waals surface area contributed by atoms with E-state index < -0.39 is 0 Å². The fraction of sp³-hybridized carbons (Fsp3) is 0.800. The molecule has 1 rings (SSSR count). The van der Waals surface area contributed by atoms with Gasteiger partial charge in [0, 0.05) is 12.8 Å². The molecule has 8 heavy (non-hydrogen) atoms. The molecule has 1 nitrogen and oxygen atoms in total. The van der Waals surface area contributed by atoms with Crippen LogP contribution in [-0.4, -0.2) is 16.5 Å². The third kappa shape index (κ3) is 1.15. The molecule has 0 spiro atoms. The molecule has 2 atom stereocenters. The number of Topliss-reactive ketones (excluding diaryl/α,β-unsaturated/α-hetero) is 1. The van der Waals surface area contributed by atoms with Crippen LogP contribution in [-0.2, 0) is 4.79 Å². The van der Waals surface area contributed by atoms with Crippen LogP contribution in [0.15, 0.2) is 0 Å². The van der Waals surface area contributed by atoms with E-state index in [4.69, 9.17) is 23.2 Å². The average molecular weight is 153 g/mol. The van der Waals surface area contributed by atoms with Gasteiger partial charge in [-0.05, 0) is 0 Å². The Hall–Kier alpha value is 0.250. The molecule has 0 bridgehead atoms. The number of alkyl halides is 2. The van der Waals surface area contributed by atoms with Crippen molar-refractivity contribution in [3.8, 4) is 0 Å². The van der Waals surface area contributed by atoms with Crippen molar-refractivity contribution >= 4 is 29.0 Å². The fourth-order valence-electron chi connectivity index (χ4n) is 0.774. The summed E-state index contributed by atoms with van der Waals surface area (Å²) in [5, 5.41) is -0.242. The Morgan fingerprint density at radius 1 is 1.25 bits per heavy atom. The molecular formula is C5H6Cl2O. The molecule has 2 unspecified atom stereocenters. The number of rotatable bonds is 0. The number of hydrogen-bond acceptors (Lipinski definition) is 1. The average Bonchev–Trinajstić information content (AvgIpc) is 1.85. The molecule has 0 aromatic carbocycles. The summed E-state index contributed by atoms with van der Waals surface area (Å²) in [5.74, 6) is 0.185. The smallest absolute Gasteiger partial charge is 0.135 e. The minimum atomic E-state index is -0.121. The van der Waals surface area contributed by atoms with E-state index >= 15 is 0 Å². The SMILES string of the molecule is O=C1CC(Cl)C(Cl)C1. The summed E-state index contributed by atoms with van der Waals surface area (Å²) in [6.45, 7) is 0. The van der Waals surface area contributed by atoms with Crippen LogP contribution in [0.1, 0.15) is 12.8 Å². The lowest BCUT2D eigenvalue weighted by molar-refractivity contribution is -0.117. The second-order valence-corrected chi connectivity index (χ2v) is 3.10. The Bertz CT molecular complexity index is 101.